The Morgan fingerprint density at radius 3 is 2.77 bits per heavy atom. The molecule has 1 aromatic heterocycles. The number of nitrogen functional groups attached to an aromatic ring is 1. The molecule has 1 fully saturated rings. The van der Waals surface area contributed by atoms with Gasteiger partial charge in [-0.05, 0) is 43.9 Å². The fourth-order valence-corrected chi connectivity index (χ4v) is 3.63. The molecular formula is C16H26N4OS. The highest BCUT2D eigenvalue weighted by Gasteiger charge is 2.42. The van der Waals surface area contributed by atoms with E-state index in [2.05, 4.69) is 29.1 Å². The zero-order valence-corrected chi connectivity index (χ0v) is 14.6. The second-order valence-corrected chi connectivity index (χ2v) is 6.94. The van der Waals surface area contributed by atoms with Crippen molar-refractivity contribution in [3.05, 3.63) is 11.3 Å². The number of nitrogens with two attached hydrogens (primary N) is 1. The van der Waals surface area contributed by atoms with Gasteiger partial charge in [0, 0.05) is 29.3 Å². The summed E-state index contributed by atoms with van der Waals surface area (Å²) in [6.45, 7) is 8.57. The van der Waals surface area contributed by atoms with Crippen LogP contribution in [0.1, 0.15) is 50.8 Å². The van der Waals surface area contributed by atoms with E-state index in [0.29, 0.717) is 11.8 Å². The molecule has 5 nitrogen and oxygen atoms in total. The van der Waals surface area contributed by atoms with E-state index in [0.717, 1.165) is 29.9 Å². The van der Waals surface area contributed by atoms with Crippen LogP contribution in [-0.4, -0.2) is 32.6 Å². The molecule has 4 unspecified atom stereocenters. The van der Waals surface area contributed by atoms with Gasteiger partial charge < -0.3 is 16.2 Å². The maximum Gasteiger partial charge on any atom is 0.222 e. The van der Waals surface area contributed by atoms with Crippen LogP contribution >= 0.6 is 12.2 Å². The van der Waals surface area contributed by atoms with Gasteiger partial charge in [0.25, 0.3) is 0 Å². The molecule has 2 rings (SSSR count). The largest absolute Gasteiger partial charge is 0.396 e. The van der Waals surface area contributed by atoms with E-state index in [-0.39, 0.29) is 24.0 Å². The SMILES string of the molecule is Cc1nc(N)nc(NC2(C)CCC(CO)C2C)c1C(C)C=S. The highest BCUT2D eigenvalue weighted by Crippen LogP contribution is 2.42. The molecule has 4 N–H and O–H groups in total. The number of rotatable bonds is 5. The topological polar surface area (TPSA) is 84.1 Å². The first-order chi connectivity index (χ1) is 10.3. The fourth-order valence-electron chi connectivity index (χ4n) is 3.49. The van der Waals surface area contributed by atoms with Gasteiger partial charge in [0.05, 0.1) is 0 Å². The number of nitrogens with one attached hydrogen (secondary N) is 1. The van der Waals surface area contributed by atoms with Crippen LogP contribution in [-0.2, 0) is 0 Å². The Hall–Kier alpha value is -1.27. The van der Waals surface area contributed by atoms with Crippen molar-refractivity contribution in [3.63, 3.8) is 0 Å². The molecule has 1 aliphatic rings. The normalized spacial score (nSPS) is 29.3. The quantitative estimate of drug-likeness (QED) is 0.723. The Morgan fingerprint density at radius 1 is 1.55 bits per heavy atom. The summed E-state index contributed by atoms with van der Waals surface area (Å²) in [6, 6.07) is 0. The number of aliphatic hydroxyl groups excluding tert-OH is 1. The van der Waals surface area contributed by atoms with Crippen LogP contribution in [0.25, 0.3) is 0 Å². The van der Waals surface area contributed by atoms with Crippen LogP contribution in [0.3, 0.4) is 0 Å². The highest BCUT2D eigenvalue weighted by molar-refractivity contribution is 7.79. The number of hydrogen-bond acceptors (Lipinski definition) is 6. The zero-order chi connectivity index (χ0) is 16.5. The summed E-state index contributed by atoms with van der Waals surface area (Å²) in [5, 5.41) is 14.8. The molecule has 1 aromatic rings. The van der Waals surface area contributed by atoms with E-state index in [1.165, 1.54) is 0 Å². The Bertz CT molecular complexity index is 565. The van der Waals surface area contributed by atoms with Crippen LogP contribution in [0.15, 0.2) is 0 Å². The van der Waals surface area contributed by atoms with Crippen molar-refractivity contribution in [2.45, 2.75) is 52.0 Å². The van der Waals surface area contributed by atoms with Gasteiger partial charge in [-0.2, -0.15) is 4.98 Å². The van der Waals surface area contributed by atoms with Gasteiger partial charge >= 0.3 is 0 Å². The molecule has 1 saturated carbocycles. The minimum atomic E-state index is -0.115. The summed E-state index contributed by atoms with van der Waals surface area (Å²) in [5.41, 5.74) is 7.59. The minimum absolute atomic E-state index is 0.0760. The van der Waals surface area contributed by atoms with Crippen molar-refractivity contribution in [1.29, 1.82) is 0 Å². The van der Waals surface area contributed by atoms with Crippen LogP contribution in [0, 0.1) is 18.8 Å². The average molecular weight is 322 g/mol. The van der Waals surface area contributed by atoms with E-state index >= 15 is 0 Å². The highest BCUT2D eigenvalue weighted by atomic mass is 32.1. The van der Waals surface area contributed by atoms with Crippen molar-refractivity contribution in [2.75, 3.05) is 17.7 Å². The third-order valence-electron chi connectivity index (χ3n) is 5.20. The summed E-state index contributed by atoms with van der Waals surface area (Å²) in [5.74, 6) is 1.79. The van der Waals surface area contributed by atoms with E-state index in [4.69, 9.17) is 18.0 Å². The van der Waals surface area contributed by atoms with Gasteiger partial charge in [0.2, 0.25) is 5.95 Å². The zero-order valence-electron chi connectivity index (χ0n) is 13.8. The maximum absolute atomic E-state index is 9.51. The molecule has 0 saturated heterocycles. The number of nitrogens with zero attached hydrogens (tertiary/aromatic N) is 2. The second-order valence-electron chi connectivity index (χ2n) is 6.67. The summed E-state index contributed by atoms with van der Waals surface area (Å²) in [4.78, 5) is 8.69. The first-order valence-electron chi connectivity index (χ1n) is 7.80. The van der Waals surface area contributed by atoms with Crippen molar-refractivity contribution < 1.29 is 5.11 Å². The first-order valence-corrected chi connectivity index (χ1v) is 8.28. The Morgan fingerprint density at radius 2 is 2.23 bits per heavy atom. The molecule has 0 spiro atoms. The molecule has 0 amide bonds. The Labute approximate surface area is 137 Å². The Kier molecular flexibility index (Phi) is 5.02. The van der Waals surface area contributed by atoms with Crippen LogP contribution < -0.4 is 11.1 Å². The van der Waals surface area contributed by atoms with Gasteiger partial charge in [-0.3, -0.25) is 0 Å². The van der Waals surface area contributed by atoms with Crippen LogP contribution in [0.4, 0.5) is 11.8 Å². The molecular weight excluding hydrogens is 296 g/mol. The lowest BCUT2D eigenvalue weighted by atomic mass is 9.86. The lowest BCUT2D eigenvalue weighted by Gasteiger charge is -2.34. The number of anilines is 2. The van der Waals surface area contributed by atoms with Crippen molar-refractivity contribution >= 4 is 29.4 Å². The second kappa shape index (κ2) is 6.46. The molecule has 0 bridgehead atoms. The van der Waals surface area contributed by atoms with Gasteiger partial charge in [-0.1, -0.05) is 26.1 Å². The maximum atomic E-state index is 9.51. The number of aromatic nitrogens is 2. The summed E-state index contributed by atoms with van der Waals surface area (Å²) < 4.78 is 0. The van der Waals surface area contributed by atoms with E-state index in [1.807, 2.05) is 13.8 Å². The smallest absolute Gasteiger partial charge is 0.222 e. The van der Waals surface area contributed by atoms with Gasteiger partial charge in [-0.25, -0.2) is 4.98 Å². The molecule has 0 aromatic carbocycles. The van der Waals surface area contributed by atoms with Gasteiger partial charge in [0.1, 0.15) is 5.82 Å². The summed E-state index contributed by atoms with van der Waals surface area (Å²) in [7, 11) is 0. The third kappa shape index (κ3) is 3.08. The summed E-state index contributed by atoms with van der Waals surface area (Å²) in [6.07, 6.45) is 2.01. The van der Waals surface area contributed by atoms with Crippen molar-refractivity contribution in [3.8, 4) is 0 Å². The van der Waals surface area contributed by atoms with E-state index in [9.17, 15) is 5.11 Å². The van der Waals surface area contributed by atoms with Crippen molar-refractivity contribution in [2.24, 2.45) is 11.8 Å². The molecule has 122 valence electrons. The van der Waals surface area contributed by atoms with Gasteiger partial charge in [0.15, 0.2) is 0 Å². The molecule has 0 aliphatic heterocycles. The predicted octanol–water partition coefficient (Wildman–Crippen LogP) is 2.68. The lowest BCUT2D eigenvalue weighted by molar-refractivity contribution is 0.187. The molecule has 0 radical (unpaired) electrons. The third-order valence-corrected chi connectivity index (χ3v) is 5.61. The molecule has 6 heteroatoms. The molecule has 4 atom stereocenters. The molecule has 22 heavy (non-hydrogen) atoms. The first kappa shape index (κ1) is 17.1. The fraction of sp³-hybridized carbons (Fsp3) is 0.688. The molecule has 1 aliphatic carbocycles. The Balaban J connectivity index is 2.39. The number of aliphatic hydroxyl groups is 1. The average Bonchev–Trinajstić information content (AvgIpc) is 2.73. The van der Waals surface area contributed by atoms with Gasteiger partial charge in [-0.15, -0.1) is 0 Å². The molecule has 1 heterocycles. The predicted molar refractivity (Wildman–Crippen MR) is 94.3 cm³/mol. The van der Waals surface area contributed by atoms with E-state index in [1.54, 1.807) is 5.37 Å². The standard InChI is InChI=1S/C16H26N4OS/c1-9(8-22)13-11(3)18-15(17)19-14(13)20-16(4)6-5-12(7-21)10(16)2/h8-10,12,21H,5-7H2,1-4H3,(H3,17,18,19,20). The monoisotopic (exact) mass is 322 g/mol. The number of thiocarbonyl (C=S) groups is 1. The lowest BCUT2D eigenvalue weighted by Crippen LogP contribution is -2.40. The summed E-state index contributed by atoms with van der Waals surface area (Å²) >= 11 is 5.11. The number of aryl methyl sites for hydroxylation is 1. The van der Waals surface area contributed by atoms with Crippen LogP contribution in [0.2, 0.25) is 0 Å². The van der Waals surface area contributed by atoms with Crippen molar-refractivity contribution in [1.82, 2.24) is 9.97 Å². The minimum Gasteiger partial charge on any atom is -0.396 e. The van der Waals surface area contributed by atoms with E-state index < -0.39 is 0 Å². The number of hydrogen-bond donors (Lipinski definition) is 3. The van der Waals surface area contributed by atoms with Crippen LogP contribution in [0.5, 0.6) is 0 Å².